The maximum Gasteiger partial charge on any atom is 0.301 e. The Morgan fingerprint density at radius 2 is 1.85 bits per heavy atom. The molecule has 0 bridgehead atoms. The molecule has 0 radical (unpaired) electrons. The number of aliphatic hydroxyl groups excluding tert-OH is 1. The van der Waals surface area contributed by atoms with E-state index in [1.54, 1.807) is 12.1 Å². The van der Waals surface area contributed by atoms with Gasteiger partial charge in [0.05, 0.1) is 18.2 Å². The van der Waals surface area contributed by atoms with E-state index in [0.717, 1.165) is 30.6 Å². The Morgan fingerprint density at radius 3 is 2.73 bits per heavy atom. The van der Waals surface area contributed by atoms with Gasteiger partial charge in [-0.05, 0) is 71.1 Å². The SMILES string of the molecule is CCCCCOc1cccc(C2/C(=C(\O)c3ccc4c(c3)CC(C)O4)C(=O)C(=O)N2c2nnc(SCc3cccc4ccccc34)s2)c1. The first-order valence-corrected chi connectivity index (χ1v) is 18.0. The minimum Gasteiger partial charge on any atom is -0.507 e. The lowest BCUT2D eigenvalue weighted by atomic mass is 9.94. The third-order valence-corrected chi connectivity index (χ3v) is 10.7. The molecule has 1 amide bonds. The van der Waals surface area contributed by atoms with Crippen LogP contribution in [0, 0.1) is 0 Å². The second kappa shape index (κ2) is 13.8. The fourth-order valence-corrected chi connectivity index (χ4v) is 8.17. The molecule has 2 aliphatic rings. The Labute approximate surface area is 287 Å². The molecule has 3 heterocycles. The summed E-state index contributed by atoms with van der Waals surface area (Å²) in [5.74, 6) is 0.254. The average molecular weight is 678 g/mol. The zero-order valence-electron chi connectivity index (χ0n) is 26.7. The van der Waals surface area contributed by atoms with E-state index in [9.17, 15) is 14.7 Å². The second-order valence-corrected chi connectivity index (χ2v) is 14.2. The van der Waals surface area contributed by atoms with Crippen molar-refractivity contribution in [1.82, 2.24) is 10.2 Å². The van der Waals surface area contributed by atoms with Crippen LogP contribution in [0.3, 0.4) is 0 Å². The number of unbranched alkanes of at least 4 members (excludes halogenated alkanes) is 2. The van der Waals surface area contributed by atoms with Crippen molar-refractivity contribution in [2.45, 2.75) is 61.8 Å². The predicted octanol–water partition coefficient (Wildman–Crippen LogP) is 8.50. The fraction of sp³-hybridized carbons (Fsp3) is 0.263. The van der Waals surface area contributed by atoms with E-state index < -0.39 is 17.7 Å². The van der Waals surface area contributed by atoms with E-state index in [1.165, 1.54) is 44.3 Å². The van der Waals surface area contributed by atoms with E-state index in [-0.39, 0.29) is 22.6 Å². The molecule has 0 saturated carbocycles. The Balaban J connectivity index is 1.24. The molecule has 4 aromatic carbocycles. The van der Waals surface area contributed by atoms with Crippen molar-refractivity contribution in [2.75, 3.05) is 11.5 Å². The van der Waals surface area contributed by atoms with Gasteiger partial charge in [0.2, 0.25) is 5.13 Å². The van der Waals surface area contributed by atoms with Gasteiger partial charge in [0.1, 0.15) is 23.4 Å². The molecule has 2 aliphatic heterocycles. The van der Waals surface area contributed by atoms with Crippen molar-refractivity contribution in [3.05, 3.63) is 113 Å². The first-order chi connectivity index (χ1) is 23.4. The fourth-order valence-electron chi connectivity index (χ4n) is 6.30. The van der Waals surface area contributed by atoms with Gasteiger partial charge in [-0.25, -0.2) is 0 Å². The summed E-state index contributed by atoms with van der Waals surface area (Å²) in [6.07, 6.45) is 3.77. The minimum atomic E-state index is -0.934. The number of hydrogen-bond donors (Lipinski definition) is 1. The number of carbonyl (C=O) groups is 2. The normalized spacial score (nSPS) is 18.3. The number of hydrogen-bond acceptors (Lipinski definition) is 9. The summed E-state index contributed by atoms with van der Waals surface area (Å²) in [5.41, 5.74) is 3.18. The highest BCUT2D eigenvalue weighted by atomic mass is 32.2. The molecule has 10 heteroatoms. The highest BCUT2D eigenvalue weighted by molar-refractivity contribution is 8.00. The highest BCUT2D eigenvalue weighted by Crippen LogP contribution is 2.45. The topological polar surface area (TPSA) is 102 Å². The van der Waals surface area contributed by atoms with E-state index in [4.69, 9.17) is 9.47 Å². The van der Waals surface area contributed by atoms with Crippen LogP contribution in [0.5, 0.6) is 11.5 Å². The van der Waals surface area contributed by atoms with E-state index in [0.29, 0.717) is 40.0 Å². The van der Waals surface area contributed by atoms with Crippen LogP contribution in [0.4, 0.5) is 5.13 Å². The number of thioether (sulfide) groups is 1. The van der Waals surface area contributed by atoms with E-state index >= 15 is 0 Å². The zero-order chi connectivity index (χ0) is 33.2. The number of ketones is 1. The van der Waals surface area contributed by atoms with Crippen LogP contribution in [-0.2, 0) is 21.8 Å². The minimum absolute atomic E-state index is 0.00444. The monoisotopic (exact) mass is 677 g/mol. The first-order valence-electron chi connectivity index (χ1n) is 16.2. The van der Waals surface area contributed by atoms with E-state index in [1.807, 2.05) is 55.5 Å². The lowest BCUT2D eigenvalue weighted by molar-refractivity contribution is -0.132. The summed E-state index contributed by atoms with van der Waals surface area (Å²) >= 11 is 2.78. The standard InChI is InChI=1S/C38H35N3O5S2/c1-3-4-7-18-45-29-14-9-12-25(21-29)33-32(34(42)26-16-17-31-28(20-26)19-23(2)46-31)35(43)36(44)41(33)37-39-40-38(48-37)47-22-27-13-8-11-24-10-5-6-15-30(24)27/h5-6,8-17,20-21,23,33,42H,3-4,7,18-19,22H2,1-2H3/b34-32+. The van der Waals surface area contributed by atoms with Crippen LogP contribution in [-0.4, -0.2) is 39.7 Å². The molecular weight excluding hydrogens is 643 g/mol. The van der Waals surface area contributed by atoms with Gasteiger partial charge < -0.3 is 14.6 Å². The van der Waals surface area contributed by atoms with Crippen LogP contribution in [0.2, 0.25) is 0 Å². The molecule has 1 aromatic heterocycles. The van der Waals surface area contributed by atoms with Crippen LogP contribution in [0.25, 0.3) is 16.5 Å². The van der Waals surface area contributed by atoms with Gasteiger partial charge in [-0.3, -0.25) is 14.5 Å². The molecule has 7 rings (SSSR count). The highest BCUT2D eigenvalue weighted by Gasteiger charge is 2.48. The van der Waals surface area contributed by atoms with Crippen molar-refractivity contribution < 1.29 is 24.2 Å². The number of ether oxygens (including phenoxy) is 2. The largest absolute Gasteiger partial charge is 0.507 e. The Kier molecular flexibility index (Phi) is 9.19. The third kappa shape index (κ3) is 6.30. The number of benzene rings is 4. The number of anilines is 1. The molecule has 1 fully saturated rings. The summed E-state index contributed by atoms with van der Waals surface area (Å²) in [7, 11) is 0. The molecule has 2 atom stereocenters. The molecule has 48 heavy (non-hydrogen) atoms. The van der Waals surface area contributed by atoms with Gasteiger partial charge in [-0.15, -0.1) is 10.2 Å². The van der Waals surface area contributed by atoms with Gasteiger partial charge in [-0.2, -0.15) is 0 Å². The van der Waals surface area contributed by atoms with Crippen molar-refractivity contribution in [3.8, 4) is 11.5 Å². The summed E-state index contributed by atoms with van der Waals surface area (Å²) in [6.45, 7) is 4.68. The second-order valence-electron chi connectivity index (χ2n) is 12.0. The third-order valence-electron chi connectivity index (χ3n) is 8.64. The summed E-state index contributed by atoms with van der Waals surface area (Å²) < 4.78 is 12.6. The van der Waals surface area contributed by atoms with Gasteiger partial charge in [0.15, 0.2) is 4.34 Å². The molecule has 8 nitrogen and oxygen atoms in total. The summed E-state index contributed by atoms with van der Waals surface area (Å²) in [4.78, 5) is 29.0. The lowest BCUT2D eigenvalue weighted by Crippen LogP contribution is -2.29. The van der Waals surface area contributed by atoms with Gasteiger partial charge in [-0.1, -0.05) is 97.5 Å². The molecular formula is C38H35N3O5S2. The summed E-state index contributed by atoms with van der Waals surface area (Å²) in [5, 5.41) is 23.2. The van der Waals surface area contributed by atoms with Crippen molar-refractivity contribution >= 4 is 56.5 Å². The molecule has 2 unspecified atom stereocenters. The van der Waals surface area contributed by atoms with Gasteiger partial charge >= 0.3 is 5.91 Å². The van der Waals surface area contributed by atoms with Crippen molar-refractivity contribution in [2.24, 2.45) is 0 Å². The Morgan fingerprint density at radius 1 is 1.02 bits per heavy atom. The quantitative estimate of drug-likeness (QED) is 0.0371. The van der Waals surface area contributed by atoms with Crippen LogP contribution in [0.15, 0.2) is 94.8 Å². The number of fused-ring (bicyclic) bond motifs is 2. The Bertz CT molecular complexity index is 2030. The van der Waals surface area contributed by atoms with Gasteiger partial charge in [0, 0.05) is 17.7 Å². The molecule has 0 spiro atoms. The van der Waals surface area contributed by atoms with Crippen LogP contribution >= 0.6 is 23.1 Å². The van der Waals surface area contributed by atoms with Crippen molar-refractivity contribution in [3.63, 3.8) is 0 Å². The number of nitrogens with zero attached hydrogens (tertiary/aromatic N) is 3. The molecule has 5 aromatic rings. The number of Topliss-reactive ketones (excluding diaryl/α,β-unsaturated/α-hetero) is 1. The molecule has 1 saturated heterocycles. The zero-order valence-corrected chi connectivity index (χ0v) is 28.4. The smallest absolute Gasteiger partial charge is 0.301 e. The molecule has 0 aliphatic carbocycles. The number of amides is 1. The lowest BCUT2D eigenvalue weighted by Gasteiger charge is -2.23. The maximum absolute atomic E-state index is 13.8. The predicted molar refractivity (Wildman–Crippen MR) is 190 cm³/mol. The number of rotatable bonds is 11. The van der Waals surface area contributed by atoms with E-state index in [2.05, 4.69) is 41.4 Å². The molecule has 1 N–H and O–H groups in total. The number of carbonyl (C=O) groups excluding carboxylic acids is 2. The van der Waals surface area contributed by atoms with Gasteiger partial charge in [0.25, 0.3) is 5.78 Å². The first kappa shape index (κ1) is 31.9. The number of aromatic nitrogens is 2. The molecule has 244 valence electrons. The van der Waals surface area contributed by atoms with Crippen molar-refractivity contribution in [1.29, 1.82) is 0 Å². The maximum atomic E-state index is 13.8. The summed E-state index contributed by atoms with van der Waals surface area (Å²) in [6, 6.07) is 26.2. The van der Waals surface area contributed by atoms with Crippen LogP contribution < -0.4 is 14.4 Å². The number of aliphatic hydroxyl groups is 1. The average Bonchev–Trinajstić information content (AvgIpc) is 3.80. The van der Waals surface area contributed by atoms with Crippen LogP contribution in [0.1, 0.15) is 61.4 Å². The Hall–Kier alpha value is -4.67.